The first-order chi connectivity index (χ1) is 20.8. The number of ether oxygens (including phenoxy) is 1. The fourth-order valence-corrected chi connectivity index (χ4v) is 6.96. The van der Waals surface area contributed by atoms with Crippen LogP contribution in [-0.2, 0) is 17.9 Å². The lowest BCUT2D eigenvalue weighted by Crippen LogP contribution is -2.40. The SMILES string of the molecule is C=CC(=O)N1CCn2nc(-c3nc(-c4ccc5c(c4)C(=O)NC5)c4ccsc4c3-c3c(F)cc(F)cc3OC)cc2[C@H]1C. The number of thiophene rings is 1. The lowest BCUT2D eigenvalue weighted by atomic mass is 9.95. The number of fused-ring (bicyclic) bond motifs is 3. The average Bonchev–Trinajstić information content (AvgIpc) is 3.75. The van der Waals surface area contributed by atoms with E-state index < -0.39 is 11.6 Å². The van der Waals surface area contributed by atoms with E-state index in [9.17, 15) is 14.0 Å². The molecule has 7 rings (SSSR count). The smallest absolute Gasteiger partial charge is 0.251 e. The zero-order chi connectivity index (χ0) is 30.0. The number of methoxy groups -OCH3 is 1. The van der Waals surface area contributed by atoms with Crippen molar-refractivity contribution in [2.45, 2.75) is 26.1 Å². The van der Waals surface area contributed by atoms with Crippen molar-refractivity contribution in [3.63, 3.8) is 0 Å². The number of pyridine rings is 1. The van der Waals surface area contributed by atoms with Crippen molar-refractivity contribution < 1.29 is 23.1 Å². The Kier molecular flexibility index (Phi) is 6.35. The van der Waals surface area contributed by atoms with Crippen LogP contribution in [0.4, 0.5) is 8.78 Å². The second-order valence-corrected chi connectivity index (χ2v) is 11.4. The molecule has 11 heteroatoms. The molecule has 0 fully saturated rings. The Balaban J connectivity index is 1.52. The van der Waals surface area contributed by atoms with E-state index in [0.29, 0.717) is 52.5 Å². The standard InChI is InChI=1S/C32H25F2N5O3S/c1-4-26(40)38-8-9-39-24(16(38)2)14-23(37-39)30-28(27-22(34)12-19(33)13-25(27)42-3)31-20(7-10-43-31)29(36-30)17-5-6-18-15-35-32(41)21(18)11-17/h4-7,10-14,16H,1,8-9,15H2,2-3H3,(H,35,41)/t16-/m1/s1. The van der Waals surface area contributed by atoms with Gasteiger partial charge in [-0.2, -0.15) is 5.10 Å². The first-order valence-electron chi connectivity index (χ1n) is 13.7. The van der Waals surface area contributed by atoms with Crippen LogP contribution < -0.4 is 10.1 Å². The molecule has 3 aromatic heterocycles. The summed E-state index contributed by atoms with van der Waals surface area (Å²) in [4.78, 5) is 31.8. The van der Waals surface area contributed by atoms with Crippen LogP contribution >= 0.6 is 11.3 Å². The number of hydrogen-bond acceptors (Lipinski definition) is 6. The molecule has 0 bridgehead atoms. The van der Waals surface area contributed by atoms with Gasteiger partial charge in [0.15, 0.2) is 0 Å². The zero-order valence-electron chi connectivity index (χ0n) is 23.3. The molecule has 2 aliphatic heterocycles. The van der Waals surface area contributed by atoms with Gasteiger partial charge in [-0.3, -0.25) is 14.3 Å². The fraction of sp³-hybridized carbons (Fsp3) is 0.188. The highest BCUT2D eigenvalue weighted by molar-refractivity contribution is 7.18. The summed E-state index contributed by atoms with van der Waals surface area (Å²) >= 11 is 1.39. The average molecular weight is 598 g/mol. The van der Waals surface area contributed by atoms with Gasteiger partial charge >= 0.3 is 0 Å². The van der Waals surface area contributed by atoms with Gasteiger partial charge in [-0.15, -0.1) is 11.3 Å². The van der Waals surface area contributed by atoms with Gasteiger partial charge in [0.1, 0.15) is 28.8 Å². The third-order valence-electron chi connectivity index (χ3n) is 8.12. The molecule has 2 aliphatic rings. The van der Waals surface area contributed by atoms with Crippen LogP contribution in [0.25, 0.3) is 43.9 Å². The van der Waals surface area contributed by atoms with E-state index in [0.717, 1.165) is 34.3 Å². The highest BCUT2D eigenvalue weighted by Gasteiger charge is 2.31. The fourth-order valence-electron chi connectivity index (χ4n) is 6.01. The van der Waals surface area contributed by atoms with Crippen LogP contribution in [0, 0.1) is 11.6 Å². The third-order valence-corrected chi connectivity index (χ3v) is 9.06. The van der Waals surface area contributed by atoms with Crippen molar-refractivity contribution in [2.24, 2.45) is 0 Å². The number of benzene rings is 2. The Morgan fingerprint density at radius 1 is 1.14 bits per heavy atom. The lowest BCUT2D eigenvalue weighted by Gasteiger charge is -2.33. The number of carbonyl (C=O) groups excluding carboxylic acids is 2. The molecule has 0 aliphatic carbocycles. The minimum Gasteiger partial charge on any atom is -0.496 e. The molecule has 8 nitrogen and oxygen atoms in total. The highest BCUT2D eigenvalue weighted by atomic mass is 32.1. The van der Waals surface area contributed by atoms with Crippen molar-refractivity contribution in [2.75, 3.05) is 13.7 Å². The van der Waals surface area contributed by atoms with Crippen LogP contribution in [0.15, 0.2) is 60.5 Å². The van der Waals surface area contributed by atoms with Crippen molar-refractivity contribution in [1.82, 2.24) is 25.0 Å². The van der Waals surface area contributed by atoms with Crippen molar-refractivity contribution in [3.05, 3.63) is 89.0 Å². The normalized spacial score (nSPS) is 15.8. The van der Waals surface area contributed by atoms with E-state index in [4.69, 9.17) is 14.8 Å². The van der Waals surface area contributed by atoms with E-state index >= 15 is 4.39 Å². The van der Waals surface area contributed by atoms with Gasteiger partial charge in [-0.1, -0.05) is 18.7 Å². The summed E-state index contributed by atoms with van der Waals surface area (Å²) in [5.74, 6) is -1.86. The van der Waals surface area contributed by atoms with Crippen LogP contribution in [0.2, 0.25) is 0 Å². The number of hydrogen-bond donors (Lipinski definition) is 1. The Bertz CT molecular complexity index is 2000. The first kappa shape index (κ1) is 27.0. The topological polar surface area (TPSA) is 89.4 Å². The molecule has 5 heterocycles. The molecular formula is C32H25F2N5O3S. The van der Waals surface area contributed by atoms with Gasteiger partial charge in [-0.05, 0) is 42.1 Å². The van der Waals surface area contributed by atoms with Gasteiger partial charge in [0.05, 0.1) is 36.6 Å². The maximum Gasteiger partial charge on any atom is 0.251 e. The summed E-state index contributed by atoms with van der Waals surface area (Å²) < 4.78 is 38.1. The summed E-state index contributed by atoms with van der Waals surface area (Å²) in [6, 6.07) is 11.1. The van der Waals surface area contributed by atoms with Crippen LogP contribution in [0.1, 0.15) is 34.6 Å². The maximum atomic E-state index is 15.7. The molecule has 5 aromatic rings. The molecule has 1 N–H and O–H groups in total. The van der Waals surface area contributed by atoms with Crippen LogP contribution in [0.5, 0.6) is 5.75 Å². The van der Waals surface area contributed by atoms with Crippen molar-refractivity contribution >= 4 is 33.2 Å². The monoisotopic (exact) mass is 597 g/mol. The molecule has 2 amide bonds. The Morgan fingerprint density at radius 2 is 1.98 bits per heavy atom. The number of aromatic nitrogens is 3. The molecule has 2 aromatic carbocycles. The van der Waals surface area contributed by atoms with Crippen LogP contribution in [0.3, 0.4) is 0 Å². The second kappa shape index (κ2) is 10.1. The number of amides is 2. The third kappa shape index (κ3) is 4.22. The predicted octanol–water partition coefficient (Wildman–Crippen LogP) is 6.11. The van der Waals surface area contributed by atoms with E-state index in [1.807, 2.05) is 47.3 Å². The van der Waals surface area contributed by atoms with Gasteiger partial charge in [0, 0.05) is 52.0 Å². The minimum atomic E-state index is -0.795. The minimum absolute atomic E-state index is 0.0253. The number of carbonyl (C=O) groups is 2. The van der Waals surface area contributed by atoms with Gasteiger partial charge in [0.2, 0.25) is 5.91 Å². The lowest BCUT2D eigenvalue weighted by molar-refractivity contribution is -0.129. The van der Waals surface area contributed by atoms with E-state index in [-0.39, 0.29) is 29.2 Å². The molecule has 0 saturated carbocycles. The molecule has 0 radical (unpaired) electrons. The largest absolute Gasteiger partial charge is 0.496 e. The summed E-state index contributed by atoms with van der Waals surface area (Å²) in [6.45, 7) is 6.91. The maximum absolute atomic E-state index is 15.7. The summed E-state index contributed by atoms with van der Waals surface area (Å²) in [6.07, 6.45) is 1.29. The van der Waals surface area contributed by atoms with E-state index in [1.54, 1.807) is 4.90 Å². The predicted molar refractivity (Wildman–Crippen MR) is 160 cm³/mol. The number of nitrogens with one attached hydrogen (secondary N) is 1. The quantitative estimate of drug-likeness (QED) is 0.247. The Labute approximate surface area is 249 Å². The summed E-state index contributed by atoms with van der Waals surface area (Å²) in [7, 11) is 1.36. The Hall–Kier alpha value is -4.90. The molecular weight excluding hydrogens is 572 g/mol. The molecule has 1 atom stereocenters. The number of rotatable bonds is 5. The van der Waals surface area contributed by atoms with E-state index in [1.165, 1.54) is 24.5 Å². The summed E-state index contributed by atoms with van der Waals surface area (Å²) in [5, 5.41) is 10.3. The zero-order valence-corrected chi connectivity index (χ0v) is 24.1. The second-order valence-electron chi connectivity index (χ2n) is 10.5. The Morgan fingerprint density at radius 3 is 2.77 bits per heavy atom. The van der Waals surface area contributed by atoms with Crippen molar-refractivity contribution in [1.29, 1.82) is 0 Å². The summed E-state index contributed by atoms with van der Waals surface area (Å²) in [5.41, 5.74) is 4.92. The van der Waals surface area contributed by atoms with E-state index in [2.05, 4.69) is 11.9 Å². The number of halogens is 2. The molecule has 216 valence electrons. The van der Waals surface area contributed by atoms with Crippen LogP contribution in [-0.4, -0.2) is 45.1 Å². The molecule has 0 saturated heterocycles. The van der Waals surface area contributed by atoms with Gasteiger partial charge in [0.25, 0.3) is 5.91 Å². The molecule has 0 spiro atoms. The first-order valence-corrected chi connectivity index (χ1v) is 14.5. The number of nitrogens with zero attached hydrogens (tertiary/aromatic N) is 4. The molecule has 43 heavy (non-hydrogen) atoms. The van der Waals surface area contributed by atoms with Crippen molar-refractivity contribution in [3.8, 4) is 39.5 Å². The van der Waals surface area contributed by atoms with Gasteiger partial charge in [-0.25, -0.2) is 13.8 Å². The highest BCUT2D eigenvalue weighted by Crippen LogP contribution is 2.47. The molecule has 0 unspecified atom stereocenters. The van der Waals surface area contributed by atoms with Gasteiger partial charge < -0.3 is 15.0 Å².